The Morgan fingerprint density at radius 1 is 0.256 bits per heavy atom. The standard InChI is InChI=1S/3C18H30O3S.C12H25.C6H6.2Ca/c3*1-2-3-4-5-6-7-8-9-10-11-14-17-15-12-13-16-18(17)22(19,20)21;1-3-5-7-9-11-12-10-8-6-4-2;1-2-4-6-5-3-1;;/h3*12-13,15-16H,2-11,14H2,1H3,(H,19,20,21);1,3-12H2,2H3;1-6H;;/q;;;;;+1;+2/p-3. The van der Waals surface area contributed by atoms with Crippen LogP contribution in [0.3, 0.4) is 0 Å². The molecule has 86 heavy (non-hydrogen) atoms. The van der Waals surface area contributed by atoms with E-state index in [1.165, 1.54) is 275 Å². The summed E-state index contributed by atoms with van der Waals surface area (Å²) in [5, 5.41) is 0. The van der Waals surface area contributed by atoms with Gasteiger partial charge in [-0.1, -0.05) is 285 Å². The second-order valence-electron chi connectivity index (χ2n) is 23.2. The van der Waals surface area contributed by atoms with Crippen molar-refractivity contribution in [2.45, 2.75) is 321 Å². The van der Waals surface area contributed by atoms with E-state index in [2.05, 4.69) is 27.7 Å². The molecule has 0 unspecified atom stereocenters. The van der Waals surface area contributed by atoms with Gasteiger partial charge in [-0.3, -0.25) is 0 Å². The molecule has 0 amide bonds. The van der Waals surface area contributed by atoms with Crippen LogP contribution in [0.4, 0.5) is 0 Å². The molecule has 9 nitrogen and oxygen atoms in total. The van der Waals surface area contributed by atoms with Gasteiger partial charge in [0.2, 0.25) is 0 Å². The summed E-state index contributed by atoms with van der Waals surface area (Å²) in [7, 11) is -13.0. The van der Waals surface area contributed by atoms with Crippen molar-refractivity contribution in [1.82, 2.24) is 0 Å². The summed E-state index contributed by atoms with van der Waals surface area (Å²) in [6.45, 7) is 8.98. The summed E-state index contributed by atoms with van der Waals surface area (Å²) < 4.78 is 102. The molecule has 0 N–H and O–H groups in total. The summed E-state index contributed by atoms with van der Waals surface area (Å²) in [6, 6.07) is 31.7. The van der Waals surface area contributed by atoms with Gasteiger partial charge >= 0.3 is 147 Å². The van der Waals surface area contributed by atoms with Crippen LogP contribution in [0.2, 0.25) is 2.52 Å². The number of rotatable bonds is 46. The second-order valence-corrected chi connectivity index (χ2v) is 28.3. The SMILES string of the molecule is CCCCCCCCCCCCc1ccccc1S(=O)(=O)[O-].CCCCCCCCCCCCc1ccccc1S(=O)(=O)[O-].CCCCCCCCCCCCc1ccccc1S(=O)(=O)[O-].CCCCCCCCCCC[CH2][Ca+].[Ca+2].c1ccccc1. The van der Waals surface area contributed by atoms with Gasteiger partial charge in [-0.05, 0) is 73.4 Å². The Bertz CT molecular complexity index is 2180. The number of hydrogen-bond donors (Lipinski definition) is 0. The molecule has 0 saturated carbocycles. The normalized spacial score (nSPS) is 11.2. The third-order valence-electron chi connectivity index (χ3n) is 15.4. The van der Waals surface area contributed by atoms with E-state index in [-0.39, 0.29) is 52.4 Å². The van der Waals surface area contributed by atoms with Gasteiger partial charge in [0.15, 0.2) is 0 Å². The Labute approximate surface area is 583 Å². The molecular weight excluding hydrogens is 1190 g/mol. The zero-order valence-electron chi connectivity index (χ0n) is 54.8. The van der Waals surface area contributed by atoms with Crippen molar-refractivity contribution in [2.24, 2.45) is 0 Å². The van der Waals surface area contributed by atoms with Crippen LogP contribution in [0, 0.1) is 0 Å². The minimum absolute atomic E-state index is 0. The molecule has 4 aromatic carbocycles. The van der Waals surface area contributed by atoms with Gasteiger partial charge in [0.1, 0.15) is 30.4 Å². The van der Waals surface area contributed by atoms with Crippen LogP contribution in [0.1, 0.15) is 301 Å². The number of unbranched alkanes of at least 4 members (excludes halogenated alkanes) is 36. The molecule has 0 spiro atoms. The molecule has 14 heteroatoms. The van der Waals surface area contributed by atoms with E-state index in [9.17, 15) is 38.9 Å². The fourth-order valence-corrected chi connectivity index (χ4v) is 13.1. The van der Waals surface area contributed by atoms with Gasteiger partial charge in [-0.2, -0.15) is 0 Å². The Kier molecular flexibility index (Phi) is 62.5. The van der Waals surface area contributed by atoms with Crippen LogP contribution in [0.25, 0.3) is 0 Å². The summed E-state index contributed by atoms with van der Waals surface area (Å²) in [5.41, 5.74) is 1.99. The Morgan fingerprint density at radius 2 is 0.419 bits per heavy atom. The summed E-state index contributed by atoms with van der Waals surface area (Å²) in [4.78, 5) is -0.150. The van der Waals surface area contributed by atoms with E-state index in [1.807, 2.05) is 36.4 Å². The van der Waals surface area contributed by atoms with Crippen molar-refractivity contribution in [3.8, 4) is 0 Å². The first-order chi connectivity index (χ1) is 41.1. The van der Waals surface area contributed by atoms with Gasteiger partial charge in [-0.25, -0.2) is 25.3 Å². The van der Waals surface area contributed by atoms with Crippen molar-refractivity contribution >= 4 is 104 Å². The zero-order chi connectivity index (χ0) is 62.8. The maximum absolute atomic E-state index is 11.2. The van der Waals surface area contributed by atoms with E-state index >= 15 is 0 Å². The number of benzene rings is 4. The summed E-state index contributed by atoms with van der Waals surface area (Å²) >= 11 is 1.50. The average molecular weight is 1300 g/mol. The molecule has 0 heterocycles. The Morgan fingerprint density at radius 3 is 0.593 bits per heavy atom. The topological polar surface area (TPSA) is 172 Å². The second kappa shape index (κ2) is 61.6. The van der Waals surface area contributed by atoms with Crippen LogP contribution in [0.5, 0.6) is 0 Å². The Hall–Kier alpha value is -0.871. The molecule has 0 aliphatic rings. The van der Waals surface area contributed by atoms with E-state index in [0.29, 0.717) is 36.0 Å². The van der Waals surface area contributed by atoms with Crippen molar-refractivity contribution in [2.75, 3.05) is 0 Å². The molecule has 0 aromatic heterocycles. The molecule has 0 aliphatic carbocycles. The third kappa shape index (κ3) is 53.8. The van der Waals surface area contributed by atoms with E-state index in [0.717, 1.165) is 38.5 Å². The summed E-state index contributed by atoms with van der Waals surface area (Å²) in [5.74, 6) is 0. The first-order valence-electron chi connectivity index (χ1n) is 34.0. The largest absolute Gasteiger partial charge is 2.00 e. The van der Waals surface area contributed by atoms with Gasteiger partial charge in [0.05, 0.1) is 14.7 Å². The molecule has 482 valence electrons. The van der Waals surface area contributed by atoms with Gasteiger partial charge < -0.3 is 13.7 Å². The van der Waals surface area contributed by atoms with Crippen molar-refractivity contribution in [1.29, 1.82) is 0 Å². The molecule has 0 fully saturated rings. The predicted molar refractivity (Wildman–Crippen MR) is 364 cm³/mol. The Balaban J connectivity index is 0. The van der Waals surface area contributed by atoms with E-state index in [4.69, 9.17) is 0 Å². The molecule has 0 saturated heterocycles. The average Bonchev–Trinajstić information content (AvgIpc) is 3.08. The number of hydrogen-bond acceptors (Lipinski definition) is 9. The van der Waals surface area contributed by atoms with Gasteiger partial charge in [0, 0.05) is 0 Å². The molecule has 0 bridgehead atoms. The minimum Gasteiger partial charge on any atom is -0.0623 e. The van der Waals surface area contributed by atoms with Crippen LogP contribution in [0.15, 0.2) is 124 Å². The maximum atomic E-state index is 11.2. The van der Waals surface area contributed by atoms with E-state index < -0.39 is 30.4 Å². The fraction of sp³-hybridized carbons (Fsp3) is 0.667. The van der Waals surface area contributed by atoms with Crippen molar-refractivity contribution < 1.29 is 38.9 Å². The third-order valence-corrected chi connectivity index (χ3v) is 19.0. The first kappa shape index (κ1) is 87.2. The van der Waals surface area contributed by atoms with E-state index in [1.54, 1.807) is 54.6 Å². The monoisotopic (exact) mass is 1300 g/mol. The maximum Gasteiger partial charge on any atom is 2.00 e. The van der Waals surface area contributed by atoms with Crippen LogP contribution >= 0.6 is 0 Å². The van der Waals surface area contributed by atoms with Crippen molar-refractivity contribution in [3.05, 3.63) is 126 Å². The minimum atomic E-state index is -4.35. The zero-order valence-corrected chi connectivity index (χ0v) is 61.7. The molecule has 0 atom stereocenters. The fourth-order valence-electron chi connectivity index (χ4n) is 10.3. The molecular formula is C72H118Ca2O9S3. The van der Waals surface area contributed by atoms with Gasteiger partial charge in [0.25, 0.3) is 0 Å². The quantitative estimate of drug-likeness (QED) is 0.0237. The van der Waals surface area contributed by atoms with Crippen LogP contribution < -0.4 is 0 Å². The molecule has 0 aliphatic heterocycles. The van der Waals surface area contributed by atoms with Crippen molar-refractivity contribution in [3.63, 3.8) is 0 Å². The summed E-state index contributed by atoms with van der Waals surface area (Å²) in [6.07, 6.45) is 54.2. The molecule has 0 radical (unpaired) electrons. The van der Waals surface area contributed by atoms with Crippen LogP contribution in [-0.4, -0.2) is 112 Å². The van der Waals surface area contributed by atoms with Crippen LogP contribution in [-0.2, 0) is 49.6 Å². The molecule has 4 aromatic rings. The predicted octanol–water partition coefficient (Wildman–Crippen LogP) is 21.0. The smallest absolute Gasteiger partial charge is 0.0623 e. The molecule has 4 rings (SSSR count). The number of aryl methyl sites for hydroxylation is 3. The first-order valence-corrected chi connectivity index (χ1v) is 39.8. The van der Waals surface area contributed by atoms with Gasteiger partial charge in [-0.15, -0.1) is 0 Å².